The molecule has 2 aromatic rings. The van der Waals surface area contributed by atoms with Crippen molar-refractivity contribution < 1.29 is 14.6 Å². The number of nitriles is 1. The predicted molar refractivity (Wildman–Crippen MR) is 105 cm³/mol. The lowest BCUT2D eigenvalue weighted by Gasteiger charge is -2.52. The first-order valence-electron chi connectivity index (χ1n) is 9.70. The van der Waals surface area contributed by atoms with Crippen LogP contribution in [0.3, 0.4) is 0 Å². The minimum absolute atomic E-state index is 0.119. The Morgan fingerprint density at radius 3 is 2.48 bits per heavy atom. The molecule has 0 bridgehead atoms. The van der Waals surface area contributed by atoms with Crippen LogP contribution in [0.15, 0.2) is 43.0 Å². The summed E-state index contributed by atoms with van der Waals surface area (Å²) in [5.74, 6) is -0.327. The highest BCUT2D eigenvalue weighted by molar-refractivity contribution is 5.81. The van der Waals surface area contributed by atoms with E-state index < -0.39 is 6.04 Å². The molecule has 1 aromatic carbocycles. The molecule has 1 aromatic heterocycles. The molecule has 2 saturated heterocycles. The molecular weight excluding hydrogens is 370 g/mol. The van der Waals surface area contributed by atoms with Crippen molar-refractivity contribution in [3.8, 4) is 17.2 Å². The number of aliphatic hydroxyl groups excluding tert-OH is 1. The van der Waals surface area contributed by atoms with Crippen molar-refractivity contribution in [3.05, 3.63) is 48.5 Å². The summed E-state index contributed by atoms with van der Waals surface area (Å²) in [6, 6.07) is 9.10. The molecule has 2 aliphatic rings. The Hall–Kier alpha value is -2.86. The quantitative estimate of drug-likeness (QED) is 0.796. The lowest BCUT2D eigenvalue weighted by Crippen LogP contribution is -2.66. The maximum atomic E-state index is 12.8. The number of ether oxygens (including phenoxy) is 1. The van der Waals surface area contributed by atoms with Crippen molar-refractivity contribution in [1.82, 2.24) is 19.8 Å². The number of carbonyl (C=O) groups is 1. The molecule has 29 heavy (non-hydrogen) atoms. The second kappa shape index (κ2) is 8.66. The Kier molecular flexibility index (Phi) is 5.81. The van der Waals surface area contributed by atoms with Gasteiger partial charge in [0.05, 0.1) is 38.5 Å². The van der Waals surface area contributed by atoms with Gasteiger partial charge in [-0.15, -0.1) is 0 Å². The molecule has 0 unspecified atom stereocenters. The summed E-state index contributed by atoms with van der Waals surface area (Å²) < 4.78 is 5.32. The van der Waals surface area contributed by atoms with Crippen molar-refractivity contribution in [3.63, 3.8) is 0 Å². The van der Waals surface area contributed by atoms with Gasteiger partial charge in [-0.05, 0) is 11.1 Å². The van der Waals surface area contributed by atoms with Crippen LogP contribution in [-0.2, 0) is 9.53 Å². The molecule has 150 valence electrons. The lowest BCUT2D eigenvalue weighted by molar-refractivity contribution is -0.149. The first-order valence-corrected chi connectivity index (χ1v) is 9.70. The van der Waals surface area contributed by atoms with Gasteiger partial charge in [-0.2, -0.15) is 5.26 Å². The monoisotopic (exact) mass is 393 g/mol. The van der Waals surface area contributed by atoms with Crippen molar-refractivity contribution >= 4 is 5.91 Å². The van der Waals surface area contributed by atoms with Crippen LogP contribution < -0.4 is 0 Å². The SMILES string of the molecule is N#C[C@@H]1[C@H](c2ccc(-c3cncnc3)cc2)[C@@H](CO)N1C(=O)CN1CCOCC1. The lowest BCUT2D eigenvalue weighted by atomic mass is 9.75. The second-order valence-electron chi connectivity index (χ2n) is 7.29. The molecular formula is C21H23N5O3. The van der Waals surface area contributed by atoms with E-state index in [9.17, 15) is 15.2 Å². The van der Waals surface area contributed by atoms with Crippen LogP contribution in [0.2, 0.25) is 0 Å². The summed E-state index contributed by atoms with van der Waals surface area (Å²) in [6.07, 6.45) is 4.97. The molecule has 8 nitrogen and oxygen atoms in total. The number of hydrogen-bond donors (Lipinski definition) is 1. The van der Waals surface area contributed by atoms with Crippen LogP contribution in [-0.4, -0.2) is 82.3 Å². The Bertz CT molecular complexity index is 877. The number of morpholine rings is 1. The molecule has 8 heteroatoms. The number of benzene rings is 1. The van der Waals surface area contributed by atoms with Crippen LogP contribution >= 0.6 is 0 Å². The fraction of sp³-hybridized carbons (Fsp3) is 0.429. The highest BCUT2D eigenvalue weighted by Gasteiger charge is 2.51. The molecule has 2 fully saturated rings. The minimum Gasteiger partial charge on any atom is -0.394 e. The van der Waals surface area contributed by atoms with E-state index in [-0.39, 0.29) is 31.0 Å². The smallest absolute Gasteiger partial charge is 0.238 e. The van der Waals surface area contributed by atoms with Gasteiger partial charge in [0.2, 0.25) is 5.91 Å². The summed E-state index contributed by atoms with van der Waals surface area (Å²) in [4.78, 5) is 24.4. The molecule has 1 amide bonds. The zero-order chi connectivity index (χ0) is 20.2. The van der Waals surface area contributed by atoms with Crippen LogP contribution in [0.4, 0.5) is 0 Å². The van der Waals surface area contributed by atoms with Crippen LogP contribution in [0, 0.1) is 11.3 Å². The van der Waals surface area contributed by atoms with E-state index >= 15 is 0 Å². The molecule has 4 rings (SSSR count). The van der Waals surface area contributed by atoms with E-state index in [0.29, 0.717) is 26.3 Å². The fourth-order valence-electron chi connectivity index (χ4n) is 4.13. The van der Waals surface area contributed by atoms with Gasteiger partial charge in [0.15, 0.2) is 0 Å². The third-order valence-corrected chi connectivity index (χ3v) is 5.67. The molecule has 0 radical (unpaired) electrons. The van der Waals surface area contributed by atoms with Gasteiger partial charge < -0.3 is 14.7 Å². The first-order chi connectivity index (χ1) is 14.2. The van der Waals surface area contributed by atoms with Gasteiger partial charge in [0.25, 0.3) is 0 Å². The summed E-state index contributed by atoms with van der Waals surface area (Å²) in [6.45, 7) is 2.70. The summed E-state index contributed by atoms with van der Waals surface area (Å²) in [5, 5.41) is 19.6. The van der Waals surface area contributed by atoms with E-state index in [4.69, 9.17) is 4.74 Å². The Labute approximate surface area is 169 Å². The Morgan fingerprint density at radius 1 is 1.17 bits per heavy atom. The maximum Gasteiger partial charge on any atom is 0.238 e. The molecule has 2 aliphatic heterocycles. The van der Waals surface area contributed by atoms with Crippen LogP contribution in [0.1, 0.15) is 11.5 Å². The fourth-order valence-corrected chi connectivity index (χ4v) is 4.13. The number of likely N-dealkylation sites (tertiary alicyclic amines) is 1. The van der Waals surface area contributed by atoms with Crippen LogP contribution in [0.5, 0.6) is 0 Å². The zero-order valence-corrected chi connectivity index (χ0v) is 16.0. The van der Waals surface area contributed by atoms with E-state index in [1.54, 1.807) is 17.3 Å². The molecule has 0 aliphatic carbocycles. The molecule has 1 N–H and O–H groups in total. The zero-order valence-electron chi connectivity index (χ0n) is 16.0. The molecule has 0 saturated carbocycles. The molecule has 0 spiro atoms. The predicted octanol–water partition coefficient (Wildman–Crippen LogP) is 0.655. The molecule has 3 atom stereocenters. The molecule has 3 heterocycles. The third-order valence-electron chi connectivity index (χ3n) is 5.67. The minimum atomic E-state index is -0.577. The van der Waals surface area contributed by atoms with Gasteiger partial charge in [-0.25, -0.2) is 9.97 Å². The number of hydrogen-bond acceptors (Lipinski definition) is 7. The number of aromatic nitrogens is 2. The highest BCUT2D eigenvalue weighted by Crippen LogP contribution is 2.41. The summed E-state index contributed by atoms with van der Waals surface area (Å²) >= 11 is 0. The number of nitrogens with zero attached hydrogens (tertiary/aromatic N) is 5. The Balaban J connectivity index is 1.49. The topological polar surface area (TPSA) is 103 Å². The highest BCUT2D eigenvalue weighted by atomic mass is 16.5. The maximum absolute atomic E-state index is 12.8. The second-order valence-corrected chi connectivity index (χ2v) is 7.29. The van der Waals surface area contributed by atoms with E-state index in [1.807, 2.05) is 29.2 Å². The van der Waals surface area contributed by atoms with Crippen molar-refractivity contribution in [1.29, 1.82) is 5.26 Å². The number of rotatable bonds is 5. The normalized spacial score (nSPS) is 24.6. The van der Waals surface area contributed by atoms with E-state index in [2.05, 4.69) is 16.0 Å². The standard InChI is InChI=1S/C21H23N5O3/c22-9-18-21(16-3-1-15(2-4-16)17-10-23-14-24-11-17)19(13-27)26(18)20(28)12-25-5-7-29-8-6-25/h1-4,10-11,14,18-19,21,27H,5-8,12-13H2/t18-,19-,21+/m1/s1. The van der Waals surface area contributed by atoms with E-state index in [1.165, 1.54) is 6.33 Å². The number of carbonyl (C=O) groups excluding carboxylic acids is 1. The average molecular weight is 393 g/mol. The summed E-state index contributed by atoms with van der Waals surface area (Å²) in [5.41, 5.74) is 2.82. The third kappa shape index (κ3) is 3.85. The van der Waals surface area contributed by atoms with Gasteiger partial charge in [-0.3, -0.25) is 9.69 Å². The van der Waals surface area contributed by atoms with E-state index in [0.717, 1.165) is 16.7 Å². The Morgan fingerprint density at radius 2 is 1.86 bits per heavy atom. The van der Waals surface area contributed by atoms with Crippen molar-refractivity contribution in [2.45, 2.75) is 18.0 Å². The van der Waals surface area contributed by atoms with Gasteiger partial charge in [0.1, 0.15) is 12.4 Å². The van der Waals surface area contributed by atoms with Gasteiger partial charge >= 0.3 is 0 Å². The van der Waals surface area contributed by atoms with Crippen molar-refractivity contribution in [2.75, 3.05) is 39.5 Å². The largest absolute Gasteiger partial charge is 0.394 e. The number of amides is 1. The van der Waals surface area contributed by atoms with Crippen molar-refractivity contribution in [2.24, 2.45) is 0 Å². The average Bonchev–Trinajstić information content (AvgIpc) is 2.75. The first kappa shape index (κ1) is 19.5. The van der Waals surface area contributed by atoms with Crippen LogP contribution in [0.25, 0.3) is 11.1 Å². The summed E-state index contributed by atoms with van der Waals surface area (Å²) in [7, 11) is 0. The van der Waals surface area contributed by atoms with Gasteiger partial charge in [-0.1, -0.05) is 24.3 Å². The number of aliphatic hydroxyl groups is 1. The van der Waals surface area contributed by atoms with Gasteiger partial charge in [0, 0.05) is 37.0 Å².